The molecule has 1 aliphatic heterocycles. The number of aryl methyl sites for hydroxylation is 1. The van der Waals surface area contributed by atoms with E-state index in [-0.39, 0.29) is 17.0 Å². The van der Waals surface area contributed by atoms with Gasteiger partial charge < -0.3 is 4.90 Å². The highest BCUT2D eigenvalue weighted by Gasteiger charge is 2.35. The maximum Gasteiger partial charge on any atom is 0.332 e. The summed E-state index contributed by atoms with van der Waals surface area (Å²) in [6.45, 7) is 8.73. The molecular weight excluding hydrogens is 280 g/mol. The standard InChI is InChI=1S/C13H19ClN4O2/c1-7-5-8(2)10(4)17(6-7)12-11(18(19)20)9(3)15-13(14)16-12/h7-8,10H,5-6H2,1-4H3. The van der Waals surface area contributed by atoms with Crippen molar-refractivity contribution < 1.29 is 4.92 Å². The van der Waals surface area contributed by atoms with Gasteiger partial charge in [0.05, 0.1) is 4.92 Å². The van der Waals surface area contributed by atoms with Gasteiger partial charge in [-0.3, -0.25) is 10.1 Å². The van der Waals surface area contributed by atoms with Crippen molar-refractivity contribution in [1.82, 2.24) is 9.97 Å². The predicted molar refractivity (Wildman–Crippen MR) is 78.2 cm³/mol. The fourth-order valence-electron chi connectivity index (χ4n) is 2.93. The smallest absolute Gasteiger partial charge is 0.332 e. The van der Waals surface area contributed by atoms with Crippen molar-refractivity contribution in [3.63, 3.8) is 0 Å². The van der Waals surface area contributed by atoms with Crippen LogP contribution in [0.25, 0.3) is 0 Å². The molecule has 1 aromatic rings. The third kappa shape index (κ3) is 2.70. The second-order valence-electron chi connectivity index (χ2n) is 5.72. The summed E-state index contributed by atoms with van der Waals surface area (Å²) in [4.78, 5) is 20.9. The molecular formula is C13H19ClN4O2. The van der Waals surface area contributed by atoms with Gasteiger partial charge in [-0.1, -0.05) is 13.8 Å². The summed E-state index contributed by atoms with van der Waals surface area (Å²) in [7, 11) is 0. The van der Waals surface area contributed by atoms with Gasteiger partial charge in [0.1, 0.15) is 5.69 Å². The molecule has 20 heavy (non-hydrogen) atoms. The molecule has 0 spiro atoms. The summed E-state index contributed by atoms with van der Waals surface area (Å²) in [6, 6.07) is 0.190. The third-order valence-electron chi connectivity index (χ3n) is 4.06. The summed E-state index contributed by atoms with van der Waals surface area (Å²) in [6.07, 6.45) is 1.11. The minimum atomic E-state index is -0.419. The van der Waals surface area contributed by atoms with Crippen molar-refractivity contribution >= 4 is 23.1 Å². The molecule has 0 saturated carbocycles. The maximum absolute atomic E-state index is 11.3. The Morgan fingerprint density at radius 2 is 2.00 bits per heavy atom. The van der Waals surface area contributed by atoms with E-state index in [1.54, 1.807) is 6.92 Å². The van der Waals surface area contributed by atoms with Crippen molar-refractivity contribution in [1.29, 1.82) is 0 Å². The molecule has 3 atom stereocenters. The molecule has 0 radical (unpaired) electrons. The average Bonchev–Trinajstić information content (AvgIpc) is 2.32. The van der Waals surface area contributed by atoms with Crippen molar-refractivity contribution in [2.75, 3.05) is 11.4 Å². The molecule has 1 aromatic heterocycles. The van der Waals surface area contributed by atoms with Gasteiger partial charge in [0.15, 0.2) is 0 Å². The average molecular weight is 299 g/mol. The van der Waals surface area contributed by atoms with Gasteiger partial charge in [-0.2, -0.15) is 4.98 Å². The molecule has 1 aliphatic rings. The van der Waals surface area contributed by atoms with E-state index >= 15 is 0 Å². The minimum Gasteiger partial charge on any atom is -0.348 e. The van der Waals surface area contributed by atoms with Gasteiger partial charge in [0, 0.05) is 12.6 Å². The lowest BCUT2D eigenvalue weighted by atomic mass is 9.86. The van der Waals surface area contributed by atoms with Crippen LogP contribution in [0.15, 0.2) is 0 Å². The Hall–Kier alpha value is -1.43. The fourth-order valence-corrected chi connectivity index (χ4v) is 3.13. The zero-order chi connectivity index (χ0) is 15.0. The Bertz CT molecular complexity index is 537. The Morgan fingerprint density at radius 1 is 1.35 bits per heavy atom. The fraction of sp³-hybridized carbons (Fsp3) is 0.692. The SMILES string of the molecule is Cc1nc(Cl)nc(N2CC(C)CC(C)C2C)c1[N+](=O)[O-]. The van der Waals surface area contributed by atoms with E-state index in [1.165, 1.54) is 0 Å². The molecule has 2 rings (SSSR count). The topological polar surface area (TPSA) is 72.2 Å². The van der Waals surface area contributed by atoms with E-state index < -0.39 is 4.92 Å². The predicted octanol–water partition coefficient (Wildman–Crippen LogP) is 3.22. The Kier molecular flexibility index (Phi) is 4.13. The van der Waals surface area contributed by atoms with Crippen LogP contribution in [0.1, 0.15) is 32.9 Å². The first kappa shape index (κ1) is 15.0. The lowest BCUT2D eigenvalue weighted by Crippen LogP contribution is -2.46. The Morgan fingerprint density at radius 3 is 2.60 bits per heavy atom. The third-order valence-corrected chi connectivity index (χ3v) is 4.23. The molecule has 0 aromatic carbocycles. The van der Waals surface area contributed by atoms with Crippen molar-refractivity contribution in [2.24, 2.45) is 11.8 Å². The number of hydrogen-bond donors (Lipinski definition) is 0. The number of halogens is 1. The molecule has 0 aliphatic carbocycles. The number of nitro groups is 1. The van der Waals surface area contributed by atoms with Crippen LogP contribution < -0.4 is 4.90 Å². The summed E-state index contributed by atoms with van der Waals surface area (Å²) in [5.74, 6) is 1.26. The summed E-state index contributed by atoms with van der Waals surface area (Å²) in [5, 5.41) is 11.4. The number of aromatic nitrogens is 2. The van der Waals surface area contributed by atoms with Gasteiger partial charge in [-0.05, 0) is 43.7 Å². The second kappa shape index (κ2) is 5.52. The largest absolute Gasteiger partial charge is 0.348 e. The van der Waals surface area contributed by atoms with Crippen LogP contribution in [-0.4, -0.2) is 27.5 Å². The molecule has 0 N–H and O–H groups in total. The van der Waals surface area contributed by atoms with E-state index in [2.05, 4.69) is 30.7 Å². The van der Waals surface area contributed by atoms with Crippen LogP contribution in [0.3, 0.4) is 0 Å². The lowest BCUT2D eigenvalue weighted by molar-refractivity contribution is -0.385. The van der Waals surface area contributed by atoms with E-state index in [4.69, 9.17) is 11.6 Å². The normalized spacial score (nSPS) is 26.6. The second-order valence-corrected chi connectivity index (χ2v) is 6.06. The number of rotatable bonds is 2. The van der Waals surface area contributed by atoms with E-state index in [1.807, 2.05) is 4.90 Å². The van der Waals surface area contributed by atoms with Crippen molar-refractivity contribution in [3.05, 3.63) is 21.1 Å². The maximum atomic E-state index is 11.3. The van der Waals surface area contributed by atoms with Crippen LogP contribution in [0, 0.1) is 28.9 Å². The molecule has 1 saturated heterocycles. The van der Waals surface area contributed by atoms with Crippen LogP contribution in [-0.2, 0) is 0 Å². The van der Waals surface area contributed by atoms with Gasteiger partial charge in [0.2, 0.25) is 11.1 Å². The Labute approximate surface area is 123 Å². The summed E-state index contributed by atoms with van der Waals surface area (Å²) in [5.41, 5.74) is 0.269. The summed E-state index contributed by atoms with van der Waals surface area (Å²) < 4.78 is 0. The van der Waals surface area contributed by atoms with Gasteiger partial charge >= 0.3 is 5.69 Å². The molecule has 3 unspecified atom stereocenters. The van der Waals surface area contributed by atoms with Crippen LogP contribution in [0.2, 0.25) is 5.28 Å². The van der Waals surface area contributed by atoms with Crippen LogP contribution in [0.5, 0.6) is 0 Å². The first-order valence-corrected chi connectivity index (χ1v) is 7.14. The van der Waals surface area contributed by atoms with Gasteiger partial charge in [0.25, 0.3) is 0 Å². The van der Waals surface area contributed by atoms with Crippen LogP contribution in [0.4, 0.5) is 11.5 Å². The molecule has 2 heterocycles. The lowest BCUT2D eigenvalue weighted by Gasteiger charge is -2.41. The number of anilines is 1. The summed E-state index contributed by atoms with van der Waals surface area (Å²) >= 11 is 5.90. The molecule has 1 fully saturated rings. The minimum absolute atomic E-state index is 0.0393. The first-order chi connectivity index (χ1) is 9.31. The molecule has 6 nitrogen and oxygen atoms in total. The number of nitrogens with zero attached hydrogens (tertiary/aromatic N) is 4. The van der Waals surface area contributed by atoms with E-state index in [9.17, 15) is 10.1 Å². The highest BCUT2D eigenvalue weighted by atomic mass is 35.5. The Balaban J connectivity index is 2.53. The number of hydrogen-bond acceptors (Lipinski definition) is 5. The van der Waals surface area contributed by atoms with Gasteiger partial charge in [-0.15, -0.1) is 0 Å². The highest BCUT2D eigenvalue weighted by Crippen LogP contribution is 2.36. The number of piperidine rings is 1. The molecule has 0 amide bonds. The van der Waals surface area contributed by atoms with Gasteiger partial charge in [-0.25, -0.2) is 4.98 Å². The van der Waals surface area contributed by atoms with Crippen molar-refractivity contribution in [3.8, 4) is 0 Å². The molecule has 0 bridgehead atoms. The van der Waals surface area contributed by atoms with E-state index in [0.717, 1.165) is 13.0 Å². The zero-order valence-electron chi connectivity index (χ0n) is 12.1. The monoisotopic (exact) mass is 298 g/mol. The van der Waals surface area contributed by atoms with E-state index in [0.29, 0.717) is 23.3 Å². The van der Waals surface area contributed by atoms with Crippen molar-refractivity contribution in [2.45, 2.75) is 40.2 Å². The zero-order valence-corrected chi connectivity index (χ0v) is 12.9. The first-order valence-electron chi connectivity index (χ1n) is 6.76. The molecule has 110 valence electrons. The molecule has 7 heteroatoms. The van der Waals surface area contributed by atoms with Crippen LogP contribution >= 0.6 is 11.6 Å². The highest BCUT2D eigenvalue weighted by molar-refractivity contribution is 6.28. The quantitative estimate of drug-likeness (QED) is 0.476.